The molecule has 0 radical (unpaired) electrons. The molecule has 7 nitrogen and oxygen atoms in total. The van der Waals surface area contributed by atoms with Gasteiger partial charge in [0.15, 0.2) is 0 Å². The summed E-state index contributed by atoms with van der Waals surface area (Å²) in [6.45, 7) is 0.204. The molecule has 154 valence electrons. The van der Waals surface area contributed by atoms with Crippen molar-refractivity contribution in [3.05, 3.63) is 110 Å². The third-order valence-electron chi connectivity index (χ3n) is 4.55. The minimum absolute atomic E-state index is 0.0167. The van der Waals surface area contributed by atoms with E-state index in [1.54, 1.807) is 36.4 Å². The van der Waals surface area contributed by atoms with Gasteiger partial charge in [0.25, 0.3) is 5.69 Å². The van der Waals surface area contributed by atoms with Gasteiger partial charge in [-0.05, 0) is 41.5 Å². The van der Waals surface area contributed by atoms with Crippen LogP contribution < -0.4 is 4.74 Å². The fraction of sp³-hybridized carbons (Fsp3) is 0.0435. The Balaban J connectivity index is 1.50. The summed E-state index contributed by atoms with van der Waals surface area (Å²) in [5, 5.41) is 15.0. The van der Waals surface area contributed by atoms with Crippen LogP contribution in [0.2, 0.25) is 5.02 Å². The number of ether oxygens (including phenoxy) is 1. The van der Waals surface area contributed by atoms with E-state index in [0.717, 1.165) is 11.1 Å². The van der Waals surface area contributed by atoms with Crippen LogP contribution >= 0.6 is 11.6 Å². The van der Waals surface area contributed by atoms with Gasteiger partial charge in [0.1, 0.15) is 18.1 Å². The van der Waals surface area contributed by atoms with Crippen LogP contribution in [0.1, 0.15) is 16.7 Å². The van der Waals surface area contributed by atoms with Crippen LogP contribution in [0.15, 0.2) is 83.5 Å². The molecule has 0 unspecified atom stereocenters. The van der Waals surface area contributed by atoms with E-state index < -0.39 is 10.9 Å². The first-order valence-electron chi connectivity index (χ1n) is 9.24. The van der Waals surface area contributed by atoms with Crippen LogP contribution in [0.3, 0.4) is 0 Å². The van der Waals surface area contributed by atoms with Crippen molar-refractivity contribution in [1.29, 1.82) is 0 Å². The maximum absolute atomic E-state index is 12.1. The van der Waals surface area contributed by atoms with Crippen molar-refractivity contribution in [3.8, 4) is 5.75 Å². The number of nitro benzene ring substituents is 1. The van der Waals surface area contributed by atoms with Gasteiger partial charge in [0.2, 0.25) is 0 Å². The second kappa shape index (κ2) is 8.81. The summed E-state index contributed by atoms with van der Waals surface area (Å²) < 4.78 is 5.72. The normalized spacial score (nSPS) is 14.3. The quantitative estimate of drug-likeness (QED) is 0.231. The predicted octanol–water partition coefficient (Wildman–Crippen LogP) is 5.17. The molecule has 0 spiro atoms. The lowest BCUT2D eigenvalue weighted by Crippen LogP contribution is -2.06. The topological polar surface area (TPSA) is 91.0 Å². The SMILES string of the molecule is O=C1ON=C(c2ccccc2)/C1=C/c1ccc(OCc2ccc([N+](=O)[O-])cc2)c(Cl)c1. The Kier molecular flexibility index (Phi) is 5.77. The van der Waals surface area contributed by atoms with E-state index in [1.807, 2.05) is 30.3 Å². The number of nitro groups is 1. The van der Waals surface area contributed by atoms with E-state index in [4.69, 9.17) is 21.2 Å². The number of non-ortho nitro benzene ring substituents is 1. The molecular formula is C23H15ClN2O5. The molecule has 0 bridgehead atoms. The van der Waals surface area contributed by atoms with Gasteiger partial charge >= 0.3 is 5.97 Å². The summed E-state index contributed by atoms with van der Waals surface area (Å²) in [5.41, 5.74) is 3.04. The van der Waals surface area contributed by atoms with Gasteiger partial charge in [-0.15, -0.1) is 0 Å². The molecule has 0 saturated carbocycles. The molecular weight excluding hydrogens is 420 g/mol. The van der Waals surface area contributed by atoms with Crippen LogP contribution in [-0.4, -0.2) is 16.6 Å². The number of halogens is 1. The van der Waals surface area contributed by atoms with E-state index in [9.17, 15) is 14.9 Å². The van der Waals surface area contributed by atoms with Gasteiger partial charge in [-0.3, -0.25) is 10.1 Å². The molecule has 0 N–H and O–H groups in total. The van der Waals surface area contributed by atoms with Crippen molar-refractivity contribution in [2.75, 3.05) is 0 Å². The molecule has 0 amide bonds. The van der Waals surface area contributed by atoms with Crippen molar-refractivity contribution >= 4 is 35.0 Å². The number of carbonyl (C=O) groups is 1. The number of oxime groups is 1. The molecule has 1 aliphatic rings. The van der Waals surface area contributed by atoms with E-state index in [0.29, 0.717) is 27.6 Å². The largest absolute Gasteiger partial charge is 0.487 e. The van der Waals surface area contributed by atoms with Crippen molar-refractivity contribution < 1.29 is 19.3 Å². The van der Waals surface area contributed by atoms with Crippen LogP contribution in [0, 0.1) is 10.1 Å². The lowest BCUT2D eigenvalue weighted by Gasteiger charge is -2.09. The number of hydrogen-bond acceptors (Lipinski definition) is 6. The number of nitrogens with zero attached hydrogens (tertiary/aromatic N) is 2. The lowest BCUT2D eigenvalue weighted by atomic mass is 10.0. The van der Waals surface area contributed by atoms with Gasteiger partial charge in [0, 0.05) is 17.7 Å². The molecule has 3 aromatic rings. The second-order valence-corrected chi connectivity index (χ2v) is 7.05. The average molecular weight is 435 g/mol. The van der Waals surface area contributed by atoms with Crippen LogP contribution in [0.4, 0.5) is 5.69 Å². The van der Waals surface area contributed by atoms with Crippen LogP contribution in [0.5, 0.6) is 5.75 Å². The Morgan fingerprint density at radius 1 is 1.06 bits per heavy atom. The van der Waals surface area contributed by atoms with Crippen molar-refractivity contribution in [3.63, 3.8) is 0 Å². The Hall–Kier alpha value is -3.97. The first-order chi connectivity index (χ1) is 15.0. The summed E-state index contributed by atoms with van der Waals surface area (Å²) in [7, 11) is 0. The minimum Gasteiger partial charge on any atom is -0.487 e. The fourth-order valence-corrected chi connectivity index (χ4v) is 3.22. The lowest BCUT2D eigenvalue weighted by molar-refractivity contribution is -0.384. The third kappa shape index (κ3) is 4.62. The Bertz CT molecular complexity index is 1200. The highest BCUT2D eigenvalue weighted by molar-refractivity contribution is 6.33. The molecule has 0 aliphatic carbocycles. The molecule has 1 aliphatic heterocycles. The Morgan fingerprint density at radius 3 is 2.48 bits per heavy atom. The maximum atomic E-state index is 12.1. The molecule has 0 atom stereocenters. The van der Waals surface area contributed by atoms with E-state index >= 15 is 0 Å². The van der Waals surface area contributed by atoms with E-state index in [1.165, 1.54) is 12.1 Å². The van der Waals surface area contributed by atoms with Gasteiger partial charge in [0.05, 0.1) is 15.5 Å². The van der Waals surface area contributed by atoms with Crippen molar-refractivity contribution in [2.24, 2.45) is 5.16 Å². The summed E-state index contributed by atoms with van der Waals surface area (Å²) in [5.74, 6) is -0.0819. The molecule has 0 saturated heterocycles. The molecule has 3 aromatic carbocycles. The summed E-state index contributed by atoms with van der Waals surface area (Å²) in [4.78, 5) is 27.3. The molecule has 0 fully saturated rings. The molecule has 4 rings (SSSR count). The zero-order chi connectivity index (χ0) is 21.8. The first kappa shape index (κ1) is 20.3. The highest BCUT2D eigenvalue weighted by Crippen LogP contribution is 2.29. The monoisotopic (exact) mass is 434 g/mol. The Labute approximate surface area is 182 Å². The maximum Gasteiger partial charge on any atom is 0.368 e. The van der Waals surface area contributed by atoms with Crippen molar-refractivity contribution in [1.82, 2.24) is 0 Å². The summed E-state index contributed by atoms with van der Waals surface area (Å²) in [6, 6.07) is 20.5. The average Bonchev–Trinajstić information content (AvgIpc) is 3.14. The molecule has 1 heterocycles. The molecule has 0 aromatic heterocycles. The van der Waals surface area contributed by atoms with Gasteiger partial charge in [-0.2, -0.15) is 0 Å². The van der Waals surface area contributed by atoms with Gasteiger partial charge in [-0.1, -0.05) is 53.2 Å². The standard InChI is InChI=1S/C23H15ClN2O5/c24-20-13-16(12-19-22(25-31-23(19)27)17-4-2-1-3-5-17)8-11-21(20)30-14-15-6-9-18(10-7-15)26(28)29/h1-13H,14H2/b19-12-. The van der Waals surface area contributed by atoms with Gasteiger partial charge in [-0.25, -0.2) is 4.79 Å². The minimum atomic E-state index is -0.534. The molecule has 31 heavy (non-hydrogen) atoms. The Morgan fingerprint density at radius 2 is 1.81 bits per heavy atom. The zero-order valence-corrected chi connectivity index (χ0v) is 16.8. The summed E-state index contributed by atoms with van der Waals surface area (Å²) in [6.07, 6.45) is 1.66. The number of rotatable bonds is 6. The predicted molar refractivity (Wildman–Crippen MR) is 116 cm³/mol. The highest BCUT2D eigenvalue weighted by Gasteiger charge is 2.26. The van der Waals surface area contributed by atoms with Crippen molar-refractivity contribution in [2.45, 2.75) is 6.61 Å². The van der Waals surface area contributed by atoms with Gasteiger partial charge < -0.3 is 9.57 Å². The number of carbonyl (C=O) groups excluding carboxylic acids is 1. The van der Waals surface area contributed by atoms with E-state index in [-0.39, 0.29) is 12.3 Å². The van der Waals surface area contributed by atoms with Crippen LogP contribution in [0.25, 0.3) is 6.08 Å². The van der Waals surface area contributed by atoms with E-state index in [2.05, 4.69) is 5.16 Å². The number of hydrogen-bond donors (Lipinski definition) is 0. The highest BCUT2D eigenvalue weighted by atomic mass is 35.5. The fourth-order valence-electron chi connectivity index (χ4n) is 2.98. The summed E-state index contributed by atoms with van der Waals surface area (Å²) >= 11 is 6.35. The second-order valence-electron chi connectivity index (χ2n) is 6.64. The zero-order valence-electron chi connectivity index (χ0n) is 16.0. The smallest absolute Gasteiger partial charge is 0.368 e. The number of benzene rings is 3. The third-order valence-corrected chi connectivity index (χ3v) is 4.85. The first-order valence-corrected chi connectivity index (χ1v) is 9.61. The molecule has 8 heteroatoms. The van der Waals surface area contributed by atoms with Crippen LogP contribution in [-0.2, 0) is 16.2 Å².